The molecule has 28 heavy (non-hydrogen) atoms. The summed E-state index contributed by atoms with van der Waals surface area (Å²) in [6.07, 6.45) is 0. The first-order valence-electron chi connectivity index (χ1n) is 7.35. The molecule has 0 aliphatic rings. The van der Waals surface area contributed by atoms with E-state index in [4.69, 9.17) is 28.9 Å². The summed E-state index contributed by atoms with van der Waals surface area (Å²) in [4.78, 5) is 3.93. The number of anilines is 1. The standard InChI is InChI=1S/C18H6Cl2F5N3/c19-6-1-2-10(20)8(3-6)11-4-7(9(5-26)18(27)28-11)12-13(21)15(23)17(25)16(24)14(12)22/h1-4H,(H2,27,28). The normalized spacial score (nSPS) is 10.8. The fraction of sp³-hybridized carbons (Fsp3) is 0. The lowest BCUT2D eigenvalue weighted by Crippen LogP contribution is -2.07. The maximum absolute atomic E-state index is 14.3. The van der Waals surface area contributed by atoms with Gasteiger partial charge in [-0.1, -0.05) is 23.2 Å². The molecule has 0 unspecified atom stereocenters. The summed E-state index contributed by atoms with van der Waals surface area (Å²) in [5.74, 6) is -11.3. The van der Waals surface area contributed by atoms with Crippen molar-refractivity contribution in [2.45, 2.75) is 0 Å². The molecule has 0 bridgehead atoms. The summed E-state index contributed by atoms with van der Waals surface area (Å²) in [6, 6.07) is 6.74. The smallest absolute Gasteiger partial charge is 0.200 e. The quantitative estimate of drug-likeness (QED) is 0.314. The van der Waals surface area contributed by atoms with Gasteiger partial charge in [-0.05, 0) is 24.3 Å². The number of halogens is 7. The van der Waals surface area contributed by atoms with Gasteiger partial charge in [0.05, 0.1) is 16.3 Å². The molecule has 0 atom stereocenters. The molecule has 10 heteroatoms. The highest BCUT2D eigenvalue weighted by atomic mass is 35.5. The van der Waals surface area contributed by atoms with Gasteiger partial charge in [0.25, 0.3) is 0 Å². The average molecular weight is 430 g/mol. The SMILES string of the molecule is N#Cc1c(-c2c(F)c(F)c(F)c(F)c2F)cc(-c2cc(Cl)ccc2Cl)nc1N. The van der Waals surface area contributed by atoms with Crippen LogP contribution < -0.4 is 5.73 Å². The van der Waals surface area contributed by atoms with Crippen LogP contribution in [0.2, 0.25) is 10.0 Å². The van der Waals surface area contributed by atoms with E-state index in [0.29, 0.717) is 0 Å². The highest BCUT2D eigenvalue weighted by Gasteiger charge is 2.29. The van der Waals surface area contributed by atoms with Crippen molar-refractivity contribution in [3.63, 3.8) is 0 Å². The van der Waals surface area contributed by atoms with Crippen LogP contribution in [0.5, 0.6) is 0 Å². The first kappa shape index (κ1) is 19.9. The van der Waals surface area contributed by atoms with Crippen molar-refractivity contribution in [2.24, 2.45) is 0 Å². The monoisotopic (exact) mass is 429 g/mol. The largest absolute Gasteiger partial charge is 0.383 e. The van der Waals surface area contributed by atoms with Crippen molar-refractivity contribution in [1.29, 1.82) is 5.26 Å². The first-order chi connectivity index (χ1) is 13.2. The molecule has 1 aromatic heterocycles. The minimum absolute atomic E-state index is 0.0806. The maximum atomic E-state index is 14.3. The average Bonchev–Trinajstić information content (AvgIpc) is 2.66. The van der Waals surface area contributed by atoms with Gasteiger partial charge >= 0.3 is 0 Å². The number of nitrogens with zero attached hydrogens (tertiary/aromatic N) is 2. The Labute approximate surface area is 164 Å². The summed E-state index contributed by atoms with van der Waals surface area (Å²) in [5, 5.41) is 9.64. The van der Waals surface area contributed by atoms with Crippen LogP contribution in [0.1, 0.15) is 5.56 Å². The minimum Gasteiger partial charge on any atom is -0.383 e. The Morgan fingerprint density at radius 2 is 1.43 bits per heavy atom. The molecule has 3 nitrogen and oxygen atoms in total. The van der Waals surface area contributed by atoms with E-state index in [1.165, 1.54) is 18.2 Å². The van der Waals surface area contributed by atoms with E-state index in [2.05, 4.69) is 4.98 Å². The number of benzene rings is 2. The van der Waals surface area contributed by atoms with Crippen molar-refractivity contribution in [3.05, 3.63) is 69.0 Å². The van der Waals surface area contributed by atoms with E-state index < -0.39 is 51.6 Å². The Bertz CT molecular complexity index is 1150. The van der Waals surface area contributed by atoms with Crippen molar-refractivity contribution < 1.29 is 22.0 Å². The van der Waals surface area contributed by atoms with E-state index in [1.54, 1.807) is 6.07 Å². The maximum Gasteiger partial charge on any atom is 0.200 e. The Balaban J connectivity index is 2.42. The van der Waals surface area contributed by atoms with Crippen LogP contribution in [0.15, 0.2) is 24.3 Å². The van der Waals surface area contributed by atoms with Crippen molar-refractivity contribution >= 4 is 29.0 Å². The van der Waals surface area contributed by atoms with Crippen LogP contribution in [-0.4, -0.2) is 4.98 Å². The number of nitrogens with two attached hydrogens (primary N) is 1. The van der Waals surface area contributed by atoms with Gasteiger partial charge in [-0.25, -0.2) is 26.9 Å². The molecule has 0 aliphatic heterocycles. The summed E-state index contributed by atoms with van der Waals surface area (Å²) < 4.78 is 69.2. The van der Waals surface area contributed by atoms with Crippen molar-refractivity contribution in [1.82, 2.24) is 4.98 Å². The number of hydrogen-bond acceptors (Lipinski definition) is 3. The van der Waals surface area contributed by atoms with Crippen LogP contribution in [-0.2, 0) is 0 Å². The van der Waals surface area contributed by atoms with E-state index in [-0.39, 0.29) is 21.3 Å². The molecular formula is C18H6Cl2F5N3. The lowest BCUT2D eigenvalue weighted by molar-refractivity contribution is 0.381. The molecule has 3 aromatic rings. The topological polar surface area (TPSA) is 62.7 Å². The lowest BCUT2D eigenvalue weighted by atomic mass is 9.97. The highest BCUT2D eigenvalue weighted by Crippen LogP contribution is 2.38. The molecule has 142 valence electrons. The predicted octanol–water partition coefficient (Wildman–Crippen LogP) is 5.87. The lowest BCUT2D eigenvalue weighted by Gasteiger charge is -2.13. The predicted molar refractivity (Wildman–Crippen MR) is 94.0 cm³/mol. The number of nitriles is 1. The Hall–Kier alpha value is -2.89. The van der Waals surface area contributed by atoms with Gasteiger partial charge in [-0.15, -0.1) is 0 Å². The van der Waals surface area contributed by atoms with E-state index >= 15 is 0 Å². The molecule has 1 heterocycles. The van der Waals surface area contributed by atoms with E-state index in [9.17, 15) is 27.2 Å². The van der Waals surface area contributed by atoms with Gasteiger partial charge in [0.1, 0.15) is 17.5 Å². The molecule has 0 saturated heterocycles. The molecule has 0 saturated carbocycles. The Kier molecular flexibility index (Phi) is 5.15. The minimum atomic E-state index is -2.32. The van der Waals surface area contributed by atoms with Gasteiger partial charge in [0.2, 0.25) is 5.82 Å². The molecule has 0 radical (unpaired) electrons. The van der Waals surface area contributed by atoms with Gasteiger partial charge in [-0.3, -0.25) is 0 Å². The number of hydrogen-bond donors (Lipinski definition) is 1. The van der Waals surface area contributed by atoms with Crippen LogP contribution >= 0.6 is 23.2 Å². The first-order valence-corrected chi connectivity index (χ1v) is 8.10. The van der Waals surface area contributed by atoms with Crippen molar-refractivity contribution in [3.8, 4) is 28.5 Å². The van der Waals surface area contributed by atoms with Gasteiger partial charge in [0, 0.05) is 16.1 Å². The summed E-state index contributed by atoms with van der Waals surface area (Å²) in [5.41, 5.74) is 3.28. The zero-order valence-electron chi connectivity index (χ0n) is 13.4. The van der Waals surface area contributed by atoms with Crippen molar-refractivity contribution in [2.75, 3.05) is 5.73 Å². The molecule has 0 amide bonds. The number of rotatable bonds is 2. The Morgan fingerprint density at radius 3 is 2.00 bits per heavy atom. The summed E-state index contributed by atoms with van der Waals surface area (Å²) >= 11 is 12.0. The van der Waals surface area contributed by atoms with Crippen LogP contribution in [0.25, 0.3) is 22.4 Å². The summed E-state index contributed by atoms with van der Waals surface area (Å²) in [7, 11) is 0. The second-order valence-electron chi connectivity index (χ2n) is 5.50. The van der Waals surface area contributed by atoms with Crippen LogP contribution in [0.4, 0.5) is 27.8 Å². The summed E-state index contributed by atoms with van der Waals surface area (Å²) in [6.45, 7) is 0. The highest BCUT2D eigenvalue weighted by molar-refractivity contribution is 6.35. The molecule has 3 rings (SSSR count). The van der Waals surface area contributed by atoms with Gasteiger partial charge < -0.3 is 5.73 Å². The molecule has 2 aromatic carbocycles. The number of pyridine rings is 1. The molecule has 2 N–H and O–H groups in total. The van der Waals surface area contributed by atoms with E-state index in [0.717, 1.165) is 6.07 Å². The van der Waals surface area contributed by atoms with E-state index in [1.807, 2.05) is 0 Å². The molecular weight excluding hydrogens is 424 g/mol. The number of aromatic nitrogens is 1. The van der Waals surface area contributed by atoms with Crippen LogP contribution in [0.3, 0.4) is 0 Å². The third-order valence-corrected chi connectivity index (χ3v) is 4.41. The third-order valence-electron chi connectivity index (χ3n) is 3.84. The Morgan fingerprint density at radius 1 is 0.857 bits per heavy atom. The fourth-order valence-corrected chi connectivity index (χ4v) is 2.94. The van der Waals surface area contributed by atoms with Gasteiger partial charge in [0.15, 0.2) is 23.3 Å². The van der Waals surface area contributed by atoms with Gasteiger partial charge in [-0.2, -0.15) is 5.26 Å². The zero-order valence-corrected chi connectivity index (χ0v) is 14.9. The second kappa shape index (κ2) is 7.26. The van der Waals surface area contributed by atoms with Crippen LogP contribution in [0, 0.1) is 40.4 Å². The molecule has 0 fully saturated rings. The molecule has 0 spiro atoms. The number of nitrogen functional groups attached to an aromatic ring is 1. The zero-order chi connectivity index (χ0) is 20.7. The second-order valence-corrected chi connectivity index (χ2v) is 6.34. The fourth-order valence-electron chi connectivity index (χ4n) is 2.55. The molecule has 0 aliphatic carbocycles. The third kappa shape index (κ3) is 3.13.